The lowest BCUT2D eigenvalue weighted by molar-refractivity contribution is -0.142. The third kappa shape index (κ3) is 14.8. The topological polar surface area (TPSA) is 362 Å². The average molecular weight is 1090 g/mol. The van der Waals surface area contributed by atoms with Gasteiger partial charge in [-0.05, 0) is 85.9 Å². The van der Waals surface area contributed by atoms with Crippen molar-refractivity contribution in [3.8, 4) is 5.75 Å². The second-order valence-corrected chi connectivity index (χ2v) is 20.4. The van der Waals surface area contributed by atoms with Gasteiger partial charge in [0.25, 0.3) is 5.91 Å². The van der Waals surface area contributed by atoms with Gasteiger partial charge in [0, 0.05) is 43.8 Å². The van der Waals surface area contributed by atoms with Crippen molar-refractivity contribution in [1.82, 2.24) is 52.0 Å². The SMILES string of the molecule is CC(C)[C@@H]1NC(=O)[C@@H](NC(=O)[C@H](Cc2ccc(O)cc2)NC(=O)[C@@H]2CCCN2C(=O)[C@H]2CCC(=O)N2)n2cc(c3ccccc32)C[C@@H](C(=O)N[C@@H](CCCCN)C(=O)O)NC(=O)[C@@H](CO)NC(=O)[C@@H](Cc2ccccc2)NC1=O. The Hall–Kier alpha value is -8.38. The number of hydrogen-bond donors (Lipinski definition) is 12. The van der Waals surface area contributed by atoms with Crippen molar-refractivity contribution in [2.45, 2.75) is 133 Å². The van der Waals surface area contributed by atoms with Crippen LogP contribution in [-0.2, 0) is 67.2 Å². The van der Waals surface area contributed by atoms with E-state index in [0.717, 1.165) is 0 Å². The number of hydrogen-bond acceptors (Lipinski definition) is 13. The first-order valence-corrected chi connectivity index (χ1v) is 26.5. The Kier molecular flexibility index (Phi) is 19.8. The number of carbonyl (C=O) groups is 10. The van der Waals surface area contributed by atoms with Gasteiger partial charge in [-0.2, -0.15) is 0 Å². The van der Waals surface area contributed by atoms with Gasteiger partial charge in [0.2, 0.25) is 47.3 Å². The second kappa shape index (κ2) is 26.8. The van der Waals surface area contributed by atoms with Gasteiger partial charge in [0.1, 0.15) is 54.1 Å². The maximum absolute atomic E-state index is 15.2. The number of aliphatic hydroxyl groups excluding tert-OH is 1. The summed E-state index contributed by atoms with van der Waals surface area (Å²) >= 11 is 0. The minimum Gasteiger partial charge on any atom is -0.508 e. The summed E-state index contributed by atoms with van der Waals surface area (Å²) in [5.74, 6) is -9.13. The predicted molar refractivity (Wildman–Crippen MR) is 285 cm³/mol. The molecule has 1 aromatic heterocycles. The molecule has 24 heteroatoms. The van der Waals surface area contributed by atoms with Gasteiger partial charge in [-0.15, -0.1) is 0 Å². The maximum atomic E-state index is 15.2. The van der Waals surface area contributed by atoms with Gasteiger partial charge in [0.15, 0.2) is 6.17 Å². The van der Waals surface area contributed by atoms with Crippen molar-refractivity contribution < 1.29 is 63.3 Å². The van der Waals surface area contributed by atoms with E-state index in [9.17, 15) is 53.7 Å². The fraction of sp³-hybridized carbons (Fsp3) is 0.455. The number of carboxylic acid groups (broad SMARTS) is 1. The minimum atomic E-state index is -1.77. The van der Waals surface area contributed by atoms with E-state index in [-0.39, 0.29) is 75.3 Å². The summed E-state index contributed by atoms with van der Waals surface area (Å²) in [7, 11) is 0. The van der Waals surface area contributed by atoms with Crippen molar-refractivity contribution in [2.24, 2.45) is 11.7 Å². The van der Waals surface area contributed by atoms with Gasteiger partial charge in [0.05, 0.1) is 12.1 Å². The van der Waals surface area contributed by atoms with E-state index in [1.54, 1.807) is 68.4 Å². The molecule has 24 nitrogen and oxygen atoms in total. The Morgan fingerprint density at radius 1 is 0.734 bits per heavy atom. The van der Waals surface area contributed by atoms with Crippen LogP contribution in [-0.4, -0.2) is 152 Å². The highest BCUT2D eigenvalue weighted by Crippen LogP contribution is 2.27. The number of fused-ring (bicyclic) bond motifs is 5. The van der Waals surface area contributed by atoms with E-state index in [0.29, 0.717) is 41.3 Å². The molecule has 13 N–H and O–H groups in total. The van der Waals surface area contributed by atoms with Crippen LogP contribution in [0, 0.1) is 5.92 Å². The molecule has 0 radical (unpaired) electrons. The van der Waals surface area contributed by atoms with Crippen molar-refractivity contribution >= 4 is 70.0 Å². The summed E-state index contributed by atoms with van der Waals surface area (Å²) in [6, 6.07) is 10.1. The number of para-hydroxylation sites is 1. The quantitative estimate of drug-likeness (QED) is 0.0535. The Morgan fingerprint density at radius 3 is 2.09 bits per heavy atom. The molecule has 3 aliphatic heterocycles. The van der Waals surface area contributed by atoms with Gasteiger partial charge < -0.3 is 73.1 Å². The van der Waals surface area contributed by atoms with Crippen molar-refractivity contribution in [3.05, 3.63) is 102 Å². The fourth-order valence-electron chi connectivity index (χ4n) is 10.1. The lowest BCUT2D eigenvalue weighted by Crippen LogP contribution is -2.61. The molecule has 0 unspecified atom stereocenters. The minimum absolute atomic E-state index is 0.0126. The summed E-state index contributed by atoms with van der Waals surface area (Å²) in [6.45, 7) is 2.80. The molecule has 2 bridgehead atoms. The normalized spacial score (nSPS) is 22.8. The Bertz CT molecular complexity index is 2900. The number of aliphatic carboxylic acids is 1. The maximum Gasteiger partial charge on any atom is 0.326 e. The lowest BCUT2D eigenvalue weighted by Gasteiger charge is -2.30. The molecule has 4 aromatic rings. The van der Waals surface area contributed by atoms with Gasteiger partial charge in [-0.1, -0.05) is 74.5 Å². The molecule has 0 spiro atoms. The van der Waals surface area contributed by atoms with Crippen LogP contribution in [0.1, 0.15) is 81.6 Å². The number of carboxylic acids is 1. The molecule has 9 atom stereocenters. The number of aromatic hydroxyl groups is 1. The molecule has 79 heavy (non-hydrogen) atoms. The highest BCUT2D eigenvalue weighted by molar-refractivity contribution is 6.00. The third-order valence-corrected chi connectivity index (χ3v) is 14.4. The first-order chi connectivity index (χ1) is 37.8. The van der Waals surface area contributed by atoms with Crippen LogP contribution in [0.4, 0.5) is 0 Å². The molecule has 3 aromatic carbocycles. The number of carbonyl (C=O) groups excluding carboxylic acids is 9. The first-order valence-electron chi connectivity index (χ1n) is 26.5. The molecule has 2 fully saturated rings. The molecule has 0 aliphatic carbocycles. The number of likely N-dealkylation sites (tertiary alicyclic amines) is 1. The Labute approximate surface area is 455 Å². The van der Waals surface area contributed by atoms with Crippen LogP contribution in [0.3, 0.4) is 0 Å². The highest BCUT2D eigenvalue weighted by Gasteiger charge is 2.42. The average Bonchev–Trinajstić information content (AvgIpc) is 4.22. The van der Waals surface area contributed by atoms with Gasteiger partial charge >= 0.3 is 5.97 Å². The zero-order valence-corrected chi connectivity index (χ0v) is 43.9. The van der Waals surface area contributed by atoms with Crippen molar-refractivity contribution in [1.29, 1.82) is 0 Å². The van der Waals surface area contributed by atoms with Gasteiger partial charge in [-0.3, -0.25) is 43.2 Å². The van der Waals surface area contributed by atoms with E-state index in [4.69, 9.17) is 5.73 Å². The highest BCUT2D eigenvalue weighted by atomic mass is 16.4. The second-order valence-electron chi connectivity index (χ2n) is 20.4. The predicted octanol–water partition coefficient (Wildman–Crippen LogP) is -0.957. The number of rotatable bonds is 18. The molecular weight excluding hydrogens is 1020 g/mol. The van der Waals surface area contributed by atoms with Crippen molar-refractivity contribution in [3.63, 3.8) is 0 Å². The molecule has 0 saturated carbocycles. The van der Waals surface area contributed by atoms with E-state index in [1.165, 1.54) is 39.9 Å². The number of aliphatic hydroxyl groups is 1. The van der Waals surface area contributed by atoms with Gasteiger partial charge in [-0.25, -0.2) is 4.79 Å². The third-order valence-electron chi connectivity index (χ3n) is 14.4. The summed E-state index contributed by atoms with van der Waals surface area (Å²) < 4.78 is 1.38. The molecule has 2 saturated heterocycles. The van der Waals surface area contributed by atoms with Crippen LogP contribution in [0.15, 0.2) is 85.1 Å². The largest absolute Gasteiger partial charge is 0.508 e. The zero-order valence-electron chi connectivity index (χ0n) is 43.9. The number of benzene rings is 3. The first kappa shape index (κ1) is 58.3. The summed E-state index contributed by atoms with van der Waals surface area (Å²) in [5, 5.41) is 52.5. The fourth-order valence-corrected chi connectivity index (χ4v) is 10.1. The zero-order chi connectivity index (χ0) is 56.9. The number of nitrogens with two attached hydrogens (primary N) is 1. The molecular formula is C55H69N11O13. The van der Waals surface area contributed by atoms with E-state index in [1.807, 2.05) is 0 Å². The molecule has 3 aliphatic rings. The van der Waals surface area contributed by atoms with E-state index in [2.05, 4.69) is 42.5 Å². The Morgan fingerprint density at radius 2 is 1.42 bits per heavy atom. The number of unbranched alkanes of at least 4 members (excludes halogenated alkanes) is 1. The Balaban J connectivity index is 1.31. The molecule has 422 valence electrons. The summed E-state index contributed by atoms with van der Waals surface area (Å²) in [5.41, 5.74) is 7.29. The molecule has 9 amide bonds. The number of nitrogens with one attached hydrogen (secondary N) is 8. The van der Waals surface area contributed by atoms with E-state index < -0.39 is 120 Å². The van der Waals surface area contributed by atoms with Crippen molar-refractivity contribution in [2.75, 3.05) is 19.7 Å². The smallest absolute Gasteiger partial charge is 0.326 e. The summed E-state index contributed by atoms with van der Waals surface area (Å²) in [6.07, 6.45) is 0.847. The monoisotopic (exact) mass is 1090 g/mol. The number of phenols is 1. The number of amides is 9. The standard InChI is InChI=1S/C55H69N11O13/c1-30(2)45-52(75)61-38(25-31-11-4-3-5-12-31)47(70)62-41(29-67)50(73)59-40(48(71)58-37(55(78)79)14-8-9-23-56)27-33-28-66(42-15-7-6-13-35(33)42)46(53(76)63-45)64-49(72)39(26-32-17-19-34(68)20-18-32)60-51(74)43-16-10-24-65(43)54(77)36-21-22-44(69)57-36/h3-7,11-13,15,17-20,28,30,36-41,43,45-46,67-68H,8-10,14,16,21-27,29,56H2,1-2H3,(H,57,69)(H,58,71)(H,59,73)(H,60,74)(H,61,75)(H,62,70)(H,63,76)(H,64,72)(H,78,79)/t36-,37+,38-,39+,40+,41-,43+,45+,46+/m1/s1. The lowest BCUT2D eigenvalue weighted by atomic mass is 10.0. The van der Waals surface area contributed by atoms with Crippen LogP contribution in [0.25, 0.3) is 10.9 Å². The number of aromatic nitrogens is 1. The van der Waals surface area contributed by atoms with E-state index >= 15 is 9.59 Å². The molecule has 4 heterocycles. The van der Waals surface area contributed by atoms with Crippen LogP contribution in [0.2, 0.25) is 0 Å². The van der Waals surface area contributed by atoms with Crippen LogP contribution < -0.4 is 48.3 Å². The molecule has 7 rings (SSSR count). The van der Waals surface area contributed by atoms with Crippen LogP contribution in [0.5, 0.6) is 5.75 Å². The summed E-state index contributed by atoms with van der Waals surface area (Å²) in [4.78, 5) is 142. The van der Waals surface area contributed by atoms with Crippen LogP contribution >= 0.6 is 0 Å². The number of phenolic OH excluding ortho intramolecular Hbond substituents is 1. The number of nitrogens with zero attached hydrogens (tertiary/aromatic N) is 2.